The van der Waals surface area contributed by atoms with Gasteiger partial charge in [-0.25, -0.2) is 4.98 Å². The van der Waals surface area contributed by atoms with Crippen LogP contribution >= 0.6 is 0 Å². The van der Waals surface area contributed by atoms with Crippen molar-refractivity contribution in [2.45, 2.75) is 51.4 Å². The summed E-state index contributed by atoms with van der Waals surface area (Å²) in [6.07, 6.45) is 11.7. The predicted octanol–water partition coefficient (Wildman–Crippen LogP) is 3.41. The molecule has 2 aliphatic heterocycles. The molecule has 1 saturated carbocycles. The minimum Gasteiger partial charge on any atom is -0.354 e. The van der Waals surface area contributed by atoms with Crippen LogP contribution < -0.4 is 4.90 Å². The topological polar surface area (TPSA) is 39.7 Å². The van der Waals surface area contributed by atoms with Gasteiger partial charge in [-0.1, -0.05) is 31.7 Å². The molecule has 1 aromatic rings. The standard InChI is InChI=1S/C23H36N4O/c28-23(11-10-20-6-1-2-7-20)27-13-5-8-21(19-27)18-25-14-16-26(17-15-25)22-9-3-4-12-24-22/h3-4,9,12,20-21H,1-2,5-8,10-11,13-19H2. The first-order chi connectivity index (χ1) is 13.8. The van der Waals surface area contributed by atoms with Gasteiger partial charge in [-0.3, -0.25) is 9.69 Å². The molecule has 0 aromatic carbocycles. The van der Waals surface area contributed by atoms with E-state index < -0.39 is 0 Å². The van der Waals surface area contributed by atoms with E-state index in [0.29, 0.717) is 11.8 Å². The minimum absolute atomic E-state index is 0.413. The maximum absolute atomic E-state index is 12.7. The summed E-state index contributed by atoms with van der Waals surface area (Å²) >= 11 is 0. The van der Waals surface area contributed by atoms with Crippen molar-refractivity contribution in [2.75, 3.05) is 50.7 Å². The van der Waals surface area contributed by atoms with Crippen LogP contribution in [0.1, 0.15) is 51.4 Å². The van der Waals surface area contributed by atoms with E-state index >= 15 is 0 Å². The van der Waals surface area contributed by atoms with Crippen molar-refractivity contribution in [1.82, 2.24) is 14.8 Å². The highest BCUT2D eigenvalue weighted by Crippen LogP contribution is 2.29. The maximum Gasteiger partial charge on any atom is 0.222 e. The summed E-state index contributed by atoms with van der Waals surface area (Å²) in [4.78, 5) is 24.3. The Labute approximate surface area is 170 Å². The Morgan fingerprint density at radius 3 is 2.50 bits per heavy atom. The summed E-state index contributed by atoms with van der Waals surface area (Å²) in [6.45, 7) is 7.40. The van der Waals surface area contributed by atoms with E-state index in [4.69, 9.17) is 0 Å². The lowest BCUT2D eigenvalue weighted by molar-refractivity contribution is -0.133. The van der Waals surface area contributed by atoms with Crippen LogP contribution in [-0.2, 0) is 4.79 Å². The molecule has 3 heterocycles. The number of carbonyl (C=O) groups excluding carboxylic acids is 1. The number of piperazine rings is 1. The van der Waals surface area contributed by atoms with Crippen molar-refractivity contribution in [1.29, 1.82) is 0 Å². The second kappa shape index (κ2) is 9.73. The highest BCUT2D eigenvalue weighted by atomic mass is 16.2. The third kappa shape index (κ3) is 5.25. The van der Waals surface area contributed by atoms with Crippen LogP contribution in [0.4, 0.5) is 5.82 Å². The monoisotopic (exact) mass is 384 g/mol. The van der Waals surface area contributed by atoms with E-state index in [1.165, 1.54) is 38.5 Å². The predicted molar refractivity (Wildman–Crippen MR) is 113 cm³/mol. The average molecular weight is 385 g/mol. The molecule has 154 valence electrons. The molecule has 5 heteroatoms. The number of anilines is 1. The molecular formula is C23H36N4O. The highest BCUT2D eigenvalue weighted by Gasteiger charge is 2.27. The van der Waals surface area contributed by atoms with Crippen LogP contribution in [0.25, 0.3) is 0 Å². The fourth-order valence-corrected chi connectivity index (χ4v) is 5.29. The number of likely N-dealkylation sites (tertiary alicyclic amines) is 1. The quantitative estimate of drug-likeness (QED) is 0.753. The Bertz CT molecular complexity index is 608. The second-order valence-corrected chi connectivity index (χ2v) is 9.01. The first kappa shape index (κ1) is 19.7. The van der Waals surface area contributed by atoms with Crippen molar-refractivity contribution < 1.29 is 4.79 Å². The highest BCUT2D eigenvalue weighted by molar-refractivity contribution is 5.76. The van der Waals surface area contributed by atoms with Gasteiger partial charge in [0.05, 0.1) is 0 Å². The summed E-state index contributed by atoms with van der Waals surface area (Å²) in [5.74, 6) is 2.97. The Morgan fingerprint density at radius 2 is 1.75 bits per heavy atom. The number of nitrogens with zero attached hydrogens (tertiary/aromatic N) is 4. The van der Waals surface area contributed by atoms with E-state index in [9.17, 15) is 4.79 Å². The number of piperidine rings is 1. The lowest BCUT2D eigenvalue weighted by atomic mass is 9.96. The molecular weight excluding hydrogens is 348 g/mol. The Morgan fingerprint density at radius 1 is 0.964 bits per heavy atom. The van der Waals surface area contributed by atoms with Crippen LogP contribution in [0.2, 0.25) is 0 Å². The number of amides is 1. The number of hydrogen-bond donors (Lipinski definition) is 0. The lowest BCUT2D eigenvalue weighted by Crippen LogP contribution is -2.50. The van der Waals surface area contributed by atoms with Crippen LogP contribution in [-0.4, -0.2) is 66.5 Å². The summed E-state index contributed by atoms with van der Waals surface area (Å²) in [6, 6.07) is 6.14. The molecule has 1 atom stereocenters. The normalized spacial score (nSPS) is 24.6. The van der Waals surface area contributed by atoms with Crippen LogP contribution in [0.5, 0.6) is 0 Å². The van der Waals surface area contributed by atoms with Gasteiger partial charge in [-0.15, -0.1) is 0 Å². The number of rotatable bonds is 6. The number of carbonyl (C=O) groups is 1. The number of aromatic nitrogens is 1. The molecule has 4 rings (SSSR count). The summed E-state index contributed by atoms with van der Waals surface area (Å²) in [5, 5.41) is 0. The average Bonchev–Trinajstić information content (AvgIpc) is 3.27. The van der Waals surface area contributed by atoms with Gasteiger partial charge < -0.3 is 9.80 Å². The van der Waals surface area contributed by atoms with Crippen molar-refractivity contribution in [3.63, 3.8) is 0 Å². The fraction of sp³-hybridized carbons (Fsp3) is 0.739. The molecule has 2 saturated heterocycles. The third-order valence-electron chi connectivity index (χ3n) is 6.97. The number of pyridine rings is 1. The smallest absolute Gasteiger partial charge is 0.222 e. The van der Waals surface area contributed by atoms with Gasteiger partial charge in [0.1, 0.15) is 5.82 Å². The minimum atomic E-state index is 0.413. The Kier molecular flexibility index (Phi) is 6.84. The number of hydrogen-bond acceptors (Lipinski definition) is 4. The van der Waals surface area contributed by atoms with Crippen molar-refractivity contribution in [3.05, 3.63) is 24.4 Å². The van der Waals surface area contributed by atoms with Gasteiger partial charge in [0, 0.05) is 58.4 Å². The van der Waals surface area contributed by atoms with E-state index in [0.717, 1.165) is 70.4 Å². The van der Waals surface area contributed by atoms with Crippen molar-refractivity contribution in [2.24, 2.45) is 11.8 Å². The zero-order chi connectivity index (χ0) is 19.2. The largest absolute Gasteiger partial charge is 0.354 e. The molecule has 1 aliphatic carbocycles. The first-order valence-electron chi connectivity index (χ1n) is 11.4. The second-order valence-electron chi connectivity index (χ2n) is 9.01. The molecule has 1 aromatic heterocycles. The third-order valence-corrected chi connectivity index (χ3v) is 6.97. The molecule has 0 bridgehead atoms. The van der Waals surface area contributed by atoms with Crippen LogP contribution in [0, 0.1) is 11.8 Å². The first-order valence-corrected chi connectivity index (χ1v) is 11.4. The molecule has 0 N–H and O–H groups in total. The molecule has 3 aliphatic rings. The summed E-state index contributed by atoms with van der Waals surface area (Å²) in [5.41, 5.74) is 0. The molecule has 28 heavy (non-hydrogen) atoms. The molecule has 5 nitrogen and oxygen atoms in total. The Hall–Kier alpha value is -1.62. The van der Waals surface area contributed by atoms with Gasteiger partial charge in [0.15, 0.2) is 0 Å². The van der Waals surface area contributed by atoms with Crippen LogP contribution in [0.3, 0.4) is 0 Å². The molecule has 0 radical (unpaired) electrons. The van der Waals surface area contributed by atoms with E-state index in [1.54, 1.807) is 0 Å². The summed E-state index contributed by atoms with van der Waals surface area (Å²) in [7, 11) is 0. The van der Waals surface area contributed by atoms with E-state index in [1.807, 2.05) is 12.3 Å². The van der Waals surface area contributed by atoms with Crippen molar-refractivity contribution in [3.8, 4) is 0 Å². The maximum atomic E-state index is 12.7. The van der Waals surface area contributed by atoms with Gasteiger partial charge in [0.2, 0.25) is 5.91 Å². The fourth-order valence-electron chi connectivity index (χ4n) is 5.29. The Balaban J connectivity index is 1.19. The van der Waals surface area contributed by atoms with Crippen LogP contribution in [0.15, 0.2) is 24.4 Å². The molecule has 1 unspecified atom stereocenters. The van der Waals surface area contributed by atoms with E-state index in [-0.39, 0.29) is 0 Å². The SMILES string of the molecule is O=C(CCC1CCCC1)N1CCCC(CN2CCN(c3ccccn3)CC2)C1. The van der Waals surface area contributed by atoms with Crippen molar-refractivity contribution >= 4 is 11.7 Å². The zero-order valence-corrected chi connectivity index (χ0v) is 17.3. The van der Waals surface area contributed by atoms with Gasteiger partial charge in [0.25, 0.3) is 0 Å². The summed E-state index contributed by atoms with van der Waals surface area (Å²) < 4.78 is 0. The van der Waals surface area contributed by atoms with E-state index in [2.05, 4.69) is 31.8 Å². The van der Waals surface area contributed by atoms with Gasteiger partial charge in [-0.2, -0.15) is 0 Å². The molecule has 1 amide bonds. The molecule has 3 fully saturated rings. The zero-order valence-electron chi connectivity index (χ0n) is 17.3. The molecule has 0 spiro atoms. The van der Waals surface area contributed by atoms with Gasteiger partial charge in [-0.05, 0) is 43.2 Å². The van der Waals surface area contributed by atoms with Gasteiger partial charge >= 0.3 is 0 Å². The lowest BCUT2D eigenvalue weighted by Gasteiger charge is -2.39.